The number of nitrogens with zero attached hydrogens (tertiary/aromatic N) is 1. The molecule has 14 heavy (non-hydrogen) atoms. The summed E-state index contributed by atoms with van der Waals surface area (Å²) in [6.45, 7) is 7.58. The van der Waals surface area contributed by atoms with E-state index in [0.29, 0.717) is 18.0 Å². The van der Waals surface area contributed by atoms with Crippen molar-refractivity contribution in [2.75, 3.05) is 25.6 Å². The third-order valence-corrected chi connectivity index (χ3v) is 3.92. The molecule has 0 rings (SSSR count). The van der Waals surface area contributed by atoms with Crippen molar-refractivity contribution >= 4 is 11.8 Å². The molecule has 0 amide bonds. The molecule has 0 aliphatic rings. The van der Waals surface area contributed by atoms with Gasteiger partial charge < -0.3 is 10.6 Å². The van der Waals surface area contributed by atoms with Crippen molar-refractivity contribution in [3.63, 3.8) is 0 Å². The Morgan fingerprint density at radius 3 is 2.29 bits per heavy atom. The molecule has 86 valence electrons. The topological polar surface area (TPSA) is 29.3 Å². The van der Waals surface area contributed by atoms with Gasteiger partial charge in [-0.2, -0.15) is 11.8 Å². The zero-order valence-corrected chi connectivity index (χ0v) is 11.1. The maximum Gasteiger partial charge on any atom is 0.0104 e. The third-order valence-electron chi connectivity index (χ3n) is 3.27. The summed E-state index contributed by atoms with van der Waals surface area (Å²) in [4.78, 5) is 2.45. The van der Waals surface area contributed by atoms with Gasteiger partial charge >= 0.3 is 0 Å². The molecule has 2 N–H and O–H groups in total. The highest BCUT2D eigenvalue weighted by molar-refractivity contribution is 7.98. The van der Waals surface area contributed by atoms with Gasteiger partial charge in [0.05, 0.1) is 0 Å². The van der Waals surface area contributed by atoms with E-state index in [2.05, 4.69) is 39.0 Å². The number of nitrogens with two attached hydrogens (primary N) is 1. The molecular formula is C11H26N2S. The van der Waals surface area contributed by atoms with Crippen molar-refractivity contribution in [3.8, 4) is 0 Å². The third kappa shape index (κ3) is 4.67. The number of thioether (sulfide) groups is 1. The van der Waals surface area contributed by atoms with E-state index in [-0.39, 0.29) is 0 Å². The second-order valence-corrected chi connectivity index (χ2v) is 5.24. The summed E-state index contributed by atoms with van der Waals surface area (Å²) in [5, 5.41) is 0. The first-order valence-corrected chi connectivity index (χ1v) is 6.84. The van der Waals surface area contributed by atoms with E-state index < -0.39 is 0 Å². The Balaban J connectivity index is 3.95. The molecule has 0 aromatic heterocycles. The van der Waals surface area contributed by atoms with Gasteiger partial charge in [-0.1, -0.05) is 6.92 Å². The molecule has 0 radical (unpaired) electrons. The second-order valence-electron chi connectivity index (χ2n) is 4.25. The van der Waals surface area contributed by atoms with E-state index >= 15 is 0 Å². The van der Waals surface area contributed by atoms with Crippen molar-refractivity contribution in [1.29, 1.82) is 0 Å². The zero-order valence-electron chi connectivity index (χ0n) is 10.3. The minimum atomic E-state index is 0.580. The van der Waals surface area contributed by atoms with Gasteiger partial charge in [-0.05, 0) is 51.8 Å². The highest BCUT2D eigenvalue weighted by atomic mass is 32.2. The van der Waals surface area contributed by atoms with Crippen molar-refractivity contribution in [2.24, 2.45) is 11.7 Å². The Bertz CT molecular complexity index is 141. The molecule has 3 unspecified atom stereocenters. The van der Waals surface area contributed by atoms with Crippen LogP contribution in [0.3, 0.4) is 0 Å². The number of hydrogen-bond acceptors (Lipinski definition) is 3. The lowest BCUT2D eigenvalue weighted by Crippen LogP contribution is -2.42. The van der Waals surface area contributed by atoms with Crippen LogP contribution >= 0.6 is 11.8 Å². The van der Waals surface area contributed by atoms with Crippen molar-refractivity contribution in [2.45, 2.75) is 39.3 Å². The summed E-state index contributed by atoms with van der Waals surface area (Å²) in [5.74, 6) is 1.83. The summed E-state index contributed by atoms with van der Waals surface area (Å²) in [7, 11) is 2.21. The standard InChI is InChI=1S/C11H26N2S/c1-9(8-12)11(3)13(4)10(2)6-7-14-5/h9-11H,6-8,12H2,1-5H3. The van der Waals surface area contributed by atoms with E-state index in [9.17, 15) is 0 Å². The average molecular weight is 218 g/mol. The lowest BCUT2D eigenvalue weighted by molar-refractivity contribution is 0.151. The minimum Gasteiger partial charge on any atom is -0.330 e. The smallest absolute Gasteiger partial charge is 0.0104 e. The van der Waals surface area contributed by atoms with Crippen LogP contribution in [0, 0.1) is 5.92 Å². The first-order chi connectivity index (χ1) is 6.54. The molecule has 3 atom stereocenters. The van der Waals surface area contributed by atoms with Crippen LogP contribution in [-0.2, 0) is 0 Å². The maximum absolute atomic E-state index is 5.68. The van der Waals surface area contributed by atoms with Gasteiger partial charge in [0, 0.05) is 12.1 Å². The molecule has 0 saturated carbocycles. The van der Waals surface area contributed by atoms with Gasteiger partial charge in [0.1, 0.15) is 0 Å². The van der Waals surface area contributed by atoms with E-state index in [4.69, 9.17) is 5.73 Å². The van der Waals surface area contributed by atoms with Crippen LogP contribution in [0.5, 0.6) is 0 Å². The van der Waals surface area contributed by atoms with Gasteiger partial charge in [0.25, 0.3) is 0 Å². The molecule has 0 heterocycles. The highest BCUT2D eigenvalue weighted by Crippen LogP contribution is 2.14. The maximum atomic E-state index is 5.68. The predicted octanol–water partition coefficient (Wildman–Crippen LogP) is 2.04. The van der Waals surface area contributed by atoms with Crippen LogP contribution in [0.1, 0.15) is 27.2 Å². The lowest BCUT2D eigenvalue weighted by atomic mass is 10.0. The predicted molar refractivity (Wildman–Crippen MR) is 67.9 cm³/mol. The largest absolute Gasteiger partial charge is 0.330 e. The summed E-state index contributed by atoms with van der Waals surface area (Å²) < 4.78 is 0. The molecule has 0 bridgehead atoms. The minimum absolute atomic E-state index is 0.580. The summed E-state index contributed by atoms with van der Waals surface area (Å²) in [6.07, 6.45) is 3.43. The SMILES string of the molecule is CSCCC(C)N(C)C(C)C(C)CN. The Labute approximate surface area is 93.6 Å². The molecule has 2 nitrogen and oxygen atoms in total. The van der Waals surface area contributed by atoms with Gasteiger partial charge in [0.15, 0.2) is 0 Å². The summed E-state index contributed by atoms with van der Waals surface area (Å²) in [5.41, 5.74) is 5.68. The summed E-state index contributed by atoms with van der Waals surface area (Å²) >= 11 is 1.92. The first kappa shape index (κ1) is 14.3. The van der Waals surface area contributed by atoms with Crippen molar-refractivity contribution < 1.29 is 0 Å². The molecule has 0 fully saturated rings. The van der Waals surface area contributed by atoms with Gasteiger partial charge in [0.2, 0.25) is 0 Å². The quantitative estimate of drug-likeness (QED) is 0.709. The molecular weight excluding hydrogens is 192 g/mol. The molecule has 3 heteroatoms. The van der Waals surface area contributed by atoms with E-state index in [1.807, 2.05) is 11.8 Å². The van der Waals surface area contributed by atoms with Crippen LogP contribution in [0.25, 0.3) is 0 Å². The Morgan fingerprint density at radius 1 is 1.29 bits per heavy atom. The normalized spacial score (nSPS) is 18.2. The molecule has 0 spiro atoms. The Morgan fingerprint density at radius 2 is 1.86 bits per heavy atom. The van der Waals surface area contributed by atoms with E-state index in [1.54, 1.807) is 0 Å². The first-order valence-electron chi connectivity index (χ1n) is 5.45. The molecule has 0 aliphatic carbocycles. The second kappa shape index (κ2) is 7.55. The zero-order chi connectivity index (χ0) is 11.1. The molecule has 0 aromatic carbocycles. The van der Waals surface area contributed by atoms with Gasteiger partial charge in [-0.3, -0.25) is 0 Å². The highest BCUT2D eigenvalue weighted by Gasteiger charge is 2.19. The van der Waals surface area contributed by atoms with Crippen molar-refractivity contribution in [1.82, 2.24) is 4.90 Å². The average Bonchev–Trinajstić information content (AvgIpc) is 2.22. The fourth-order valence-electron chi connectivity index (χ4n) is 1.49. The van der Waals surface area contributed by atoms with Crippen LogP contribution in [-0.4, -0.2) is 42.6 Å². The van der Waals surface area contributed by atoms with Crippen LogP contribution in [0.15, 0.2) is 0 Å². The fraction of sp³-hybridized carbons (Fsp3) is 1.00. The number of hydrogen-bond donors (Lipinski definition) is 1. The monoisotopic (exact) mass is 218 g/mol. The Kier molecular flexibility index (Phi) is 7.69. The molecule has 0 aliphatic heterocycles. The Hall–Kier alpha value is 0.270. The van der Waals surface area contributed by atoms with Gasteiger partial charge in [-0.25, -0.2) is 0 Å². The number of rotatable bonds is 7. The van der Waals surface area contributed by atoms with Crippen LogP contribution in [0.4, 0.5) is 0 Å². The van der Waals surface area contributed by atoms with Crippen LogP contribution < -0.4 is 5.73 Å². The fourth-order valence-corrected chi connectivity index (χ4v) is 2.07. The van der Waals surface area contributed by atoms with Crippen molar-refractivity contribution in [3.05, 3.63) is 0 Å². The van der Waals surface area contributed by atoms with Crippen LogP contribution in [0.2, 0.25) is 0 Å². The lowest BCUT2D eigenvalue weighted by Gasteiger charge is -2.34. The van der Waals surface area contributed by atoms with Gasteiger partial charge in [-0.15, -0.1) is 0 Å². The molecule has 0 saturated heterocycles. The van der Waals surface area contributed by atoms with E-state index in [1.165, 1.54) is 12.2 Å². The summed E-state index contributed by atoms with van der Waals surface area (Å²) in [6, 6.07) is 1.24. The van der Waals surface area contributed by atoms with E-state index in [0.717, 1.165) is 6.54 Å². The molecule has 0 aromatic rings.